The van der Waals surface area contributed by atoms with Gasteiger partial charge in [-0.3, -0.25) is 5.43 Å². The number of benzene rings is 2. The maximum atomic E-state index is 12.6. The van der Waals surface area contributed by atoms with E-state index in [-0.39, 0.29) is 11.6 Å². The molecule has 0 unspecified atom stereocenters. The molecule has 6 heteroatoms. The van der Waals surface area contributed by atoms with E-state index in [0.29, 0.717) is 11.6 Å². The van der Waals surface area contributed by atoms with Gasteiger partial charge in [-0.15, -0.1) is 0 Å². The molecule has 2 aliphatic rings. The molecule has 27 heavy (non-hydrogen) atoms. The minimum absolute atomic E-state index is 0.138. The quantitative estimate of drug-likeness (QED) is 0.780. The van der Waals surface area contributed by atoms with E-state index in [1.54, 1.807) is 5.01 Å². The van der Waals surface area contributed by atoms with Crippen molar-refractivity contribution in [1.29, 1.82) is 0 Å². The third kappa shape index (κ3) is 3.88. The number of amides is 2. The summed E-state index contributed by atoms with van der Waals surface area (Å²) >= 11 is 5.93. The van der Waals surface area contributed by atoms with Gasteiger partial charge in [0.15, 0.2) is 0 Å². The number of anilines is 1. The van der Waals surface area contributed by atoms with Crippen molar-refractivity contribution in [3.05, 3.63) is 64.7 Å². The average molecular weight is 384 g/mol. The van der Waals surface area contributed by atoms with Crippen molar-refractivity contribution in [3.8, 4) is 5.75 Å². The lowest BCUT2D eigenvalue weighted by Gasteiger charge is -2.32. The molecule has 0 aromatic heterocycles. The Morgan fingerprint density at radius 1 is 1.22 bits per heavy atom. The predicted octanol–water partition coefficient (Wildman–Crippen LogP) is 4.84. The first-order valence-electron chi connectivity index (χ1n) is 9.03. The van der Waals surface area contributed by atoms with Crippen LogP contribution in [0.5, 0.6) is 5.75 Å². The molecule has 0 atom stereocenters. The number of carbonyl (C=O) groups is 1. The third-order valence-electron chi connectivity index (χ3n) is 4.83. The van der Waals surface area contributed by atoms with Crippen molar-refractivity contribution in [2.24, 2.45) is 0 Å². The first kappa shape index (κ1) is 17.7. The van der Waals surface area contributed by atoms with E-state index in [1.165, 1.54) is 0 Å². The zero-order chi connectivity index (χ0) is 19.0. The second-order valence-corrected chi connectivity index (χ2v) is 7.90. The Bertz CT molecular complexity index is 906. The zero-order valence-electron chi connectivity index (χ0n) is 15.4. The van der Waals surface area contributed by atoms with Crippen molar-refractivity contribution < 1.29 is 9.53 Å². The molecule has 2 aromatic carbocycles. The molecule has 2 amide bonds. The number of nitrogens with one attached hydrogen (secondary N) is 2. The summed E-state index contributed by atoms with van der Waals surface area (Å²) in [6.45, 7) is 4.68. The molecule has 2 aromatic rings. The molecular weight excluding hydrogens is 362 g/mol. The molecule has 0 radical (unpaired) electrons. The number of carbonyl (C=O) groups excluding carboxylic acids is 1. The summed E-state index contributed by atoms with van der Waals surface area (Å²) in [7, 11) is 0. The summed E-state index contributed by atoms with van der Waals surface area (Å²) in [4.78, 5) is 12.6. The Kier molecular flexibility index (Phi) is 4.48. The molecule has 2 heterocycles. The standard InChI is InChI=1S/C21H22ClN3O2/c1-21(2)11-9-15-13-17(7-8-19(15)27-21)23-20(26)25-12-10-18(24-25)14-3-5-16(22)6-4-14/h3-8,10,13,24H,9,11-12H2,1-2H3,(H,23,26). The highest BCUT2D eigenvalue weighted by Crippen LogP contribution is 2.34. The average Bonchev–Trinajstić information content (AvgIpc) is 3.12. The Morgan fingerprint density at radius 3 is 2.78 bits per heavy atom. The monoisotopic (exact) mass is 383 g/mol. The first-order chi connectivity index (χ1) is 12.9. The maximum Gasteiger partial charge on any atom is 0.340 e. The van der Waals surface area contributed by atoms with Gasteiger partial charge in [0, 0.05) is 10.7 Å². The molecule has 0 spiro atoms. The SMILES string of the molecule is CC1(C)CCc2cc(NC(=O)N3CC=C(c4ccc(Cl)cc4)N3)ccc2O1. The molecule has 2 aliphatic heterocycles. The number of urea groups is 1. The summed E-state index contributed by atoms with van der Waals surface area (Å²) in [5, 5.41) is 5.18. The van der Waals surface area contributed by atoms with Crippen LogP contribution in [0.2, 0.25) is 5.02 Å². The van der Waals surface area contributed by atoms with Crippen LogP contribution in [-0.4, -0.2) is 23.2 Å². The number of aryl methyl sites for hydroxylation is 1. The van der Waals surface area contributed by atoms with Gasteiger partial charge in [0.05, 0.1) is 12.2 Å². The summed E-state index contributed by atoms with van der Waals surface area (Å²) in [6, 6.07) is 13.1. The molecule has 4 rings (SSSR count). The number of hydrazine groups is 1. The number of ether oxygens (including phenoxy) is 1. The summed E-state index contributed by atoms with van der Waals surface area (Å²) in [5.74, 6) is 0.898. The summed E-state index contributed by atoms with van der Waals surface area (Å²) < 4.78 is 6.00. The maximum absolute atomic E-state index is 12.6. The minimum Gasteiger partial charge on any atom is -0.488 e. The lowest BCUT2D eigenvalue weighted by molar-refractivity contribution is 0.0847. The van der Waals surface area contributed by atoms with Crippen molar-refractivity contribution in [3.63, 3.8) is 0 Å². The lowest BCUT2D eigenvalue weighted by Crippen LogP contribution is -2.40. The predicted molar refractivity (Wildman–Crippen MR) is 108 cm³/mol. The number of hydrogen-bond donors (Lipinski definition) is 2. The van der Waals surface area contributed by atoms with Crippen LogP contribution in [0.15, 0.2) is 48.5 Å². The second kappa shape index (κ2) is 6.82. The van der Waals surface area contributed by atoms with Gasteiger partial charge in [0.25, 0.3) is 0 Å². The molecule has 0 aliphatic carbocycles. The van der Waals surface area contributed by atoms with E-state index in [0.717, 1.165) is 41.1 Å². The summed E-state index contributed by atoms with van der Waals surface area (Å²) in [5.41, 5.74) is 6.77. The van der Waals surface area contributed by atoms with E-state index in [2.05, 4.69) is 24.6 Å². The van der Waals surface area contributed by atoms with Crippen molar-refractivity contribution in [1.82, 2.24) is 10.4 Å². The van der Waals surface area contributed by atoms with E-state index >= 15 is 0 Å². The highest BCUT2D eigenvalue weighted by Gasteiger charge is 2.27. The van der Waals surface area contributed by atoms with Crippen LogP contribution in [0, 0.1) is 0 Å². The fourth-order valence-electron chi connectivity index (χ4n) is 3.29. The van der Waals surface area contributed by atoms with E-state index in [9.17, 15) is 4.79 Å². The van der Waals surface area contributed by atoms with Gasteiger partial charge in [-0.25, -0.2) is 9.80 Å². The van der Waals surface area contributed by atoms with E-state index < -0.39 is 0 Å². The largest absolute Gasteiger partial charge is 0.488 e. The van der Waals surface area contributed by atoms with Crippen LogP contribution < -0.4 is 15.5 Å². The molecule has 140 valence electrons. The van der Waals surface area contributed by atoms with Crippen LogP contribution in [0.25, 0.3) is 5.70 Å². The zero-order valence-corrected chi connectivity index (χ0v) is 16.1. The van der Waals surface area contributed by atoms with Crippen LogP contribution in [0.4, 0.5) is 10.5 Å². The Morgan fingerprint density at radius 2 is 2.00 bits per heavy atom. The molecule has 0 saturated carbocycles. The normalized spacial score (nSPS) is 17.4. The van der Waals surface area contributed by atoms with Crippen LogP contribution >= 0.6 is 11.6 Å². The summed E-state index contributed by atoms with van der Waals surface area (Å²) in [6.07, 6.45) is 3.88. The number of fused-ring (bicyclic) bond motifs is 1. The second-order valence-electron chi connectivity index (χ2n) is 7.46. The van der Waals surface area contributed by atoms with Gasteiger partial charge in [-0.05, 0) is 74.2 Å². The Labute approximate surface area is 163 Å². The van der Waals surface area contributed by atoms with Gasteiger partial charge in [0.1, 0.15) is 11.4 Å². The highest BCUT2D eigenvalue weighted by molar-refractivity contribution is 6.30. The molecular formula is C21H22ClN3O2. The van der Waals surface area contributed by atoms with Crippen molar-refractivity contribution in [2.75, 3.05) is 11.9 Å². The van der Waals surface area contributed by atoms with E-state index in [1.807, 2.05) is 48.5 Å². The van der Waals surface area contributed by atoms with Crippen LogP contribution in [0.3, 0.4) is 0 Å². The molecule has 0 fully saturated rings. The highest BCUT2D eigenvalue weighted by atomic mass is 35.5. The van der Waals surface area contributed by atoms with Gasteiger partial charge in [-0.2, -0.15) is 0 Å². The number of rotatable bonds is 2. The molecule has 0 saturated heterocycles. The van der Waals surface area contributed by atoms with Crippen molar-refractivity contribution >= 4 is 29.0 Å². The first-order valence-corrected chi connectivity index (χ1v) is 9.41. The Hall–Kier alpha value is -2.66. The topological polar surface area (TPSA) is 53.6 Å². The van der Waals surface area contributed by atoms with E-state index in [4.69, 9.17) is 16.3 Å². The third-order valence-corrected chi connectivity index (χ3v) is 5.08. The number of hydrogen-bond acceptors (Lipinski definition) is 3. The smallest absolute Gasteiger partial charge is 0.340 e. The Balaban J connectivity index is 1.40. The number of nitrogens with zero attached hydrogens (tertiary/aromatic N) is 1. The van der Waals surface area contributed by atoms with Gasteiger partial charge < -0.3 is 10.1 Å². The molecule has 2 N–H and O–H groups in total. The molecule has 5 nitrogen and oxygen atoms in total. The van der Waals surface area contributed by atoms with Gasteiger partial charge in [0.2, 0.25) is 0 Å². The van der Waals surface area contributed by atoms with Crippen LogP contribution in [0.1, 0.15) is 31.4 Å². The fraction of sp³-hybridized carbons (Fsp3) is 0.286. The molecule has 0 bridgehead atoms. The van der Waals surface area contributed by atoms with Crippen LogP contribution in [-0.2, 0) is 6.42 Å². The fourth-order valence-corrected chi connectivity index (χ4v) is 3.42. The minimum atomic E-state index is -0.202. The van der Waals surface area contributed by atoms with Gasteiger partial charge in [-0.1, -0.05) is 23.7 Å². The number of halogens is 1. The van der Waals surface area contributed by atoms with Gasteiger partial charge >= 0.3 is 6.03 Å². The lowest BCUT2D eigenvalue weighted by atomic mass is 9.94. The van der Waals surface area contributed by atoms with Crippen molar-refractivity contribution in [2.45, 2.75) is 32.3 Å².